The zero-order valence-electron chi connectivity index (χ0n) is 75.4. The second-order valence-corrected chi connectivity index (χ2v) is 52.4. The Morgan fingerprint density at radius 3 is 0.402 bits per heavy atom. The van der Waals surface area contributed by atoms with E-state index in [0.29, 0.717) is 43.1 Å². The van der Waals surface area contributed by atoms with Gasteiger partial charge in [-0.05, 0) is 174 Å². The molecule has 132 heavy (non-hydrogen) atoms. The predicted octanol–water partition coefficient (Wildman–Crippen LogP) is 30.6. The molecule has 0 N–H and O–H groups in total. The summed E-state index contributed by atoms with van der Waals surface area (Å²) in [5.41, 5.74) is 24.5. The van der Waals surface area contributed by atoms with Crippen LogP contribution >= 0.6 is 46.4 Å². The monoisotopic (exact) mass is 1870 g/mol. The van der Waals surface area contributed by atoms with E-state index in [1.165, 1.54) is 66.8 Å². The fourth-order valence-electron chi connectivity index (χ4n) is 19.9. The quantitative estimate of drug-likeness (QED) is 0.0285. The molecule has 0 radical (unpaired) electrons. The highest BCUT2D eigenvalue weighted by atomic mass is 35.5. The lowest BCUT2D eigenvalue weighted by molar-refractivity contribution is 0.519. The van der Waals surface area contributed by atoms with Gasteiger partial charge in [-0.1, -0.05) is 459 Å². The second kappa shape index (κ2) is 43.1. The fourth-order valence-corrected chi connectivity index (χ4v) is 38.4. The number of hydrogen-bond donors (Lipinski definition) is 0. The third kappa shape index (κ3) is 23.5. The van der Waals surface area contributed by atoms with E-state index in [1.807, 2.05) is 0 Å². The van der Waals surface area contributed by atoms with Crippen LogP contribution in [0.2, 0.25) is 20.1 Å². The molecule has 658 valence electrons. The Morgan fingerprint density at radius 1 is 0.167 bits per heavy atom. The molecule has 17 rings (SSSR count). The normalized spacial score (nSPS) is 11.8. The summed E-state index contributed by atoms with van der Waals surface area (Å²) in [5.74, 6) is 1.95. The molecule has 0 heterocycles. The maximum atomic E-state index is 8.11. The lowest BCUT2D eigenvalue weighted by Gasteiger charge is -2.35. The van der Waals surface area contributed by atoms with Gasteiger partial charge >= 0.3 is 0 Å². The van der Waals surface area contributed by atoms with Gasteiger partial charge in [0, 0.05) is 84.4 Å². The van der Waals surface area contributed by atoms with Crippen molar-refractivity contribution in [2.45, 2.75) is 112 Å². The van der Waals surface area contributed by atoms with Crippen molar-refractivity contribution in [3.8, 4) is 23.0 Å². The molecule has 12 heteroatoms. The minimum atomic E-state index is -2.95. The van der Waals surface area contributed by atoms with Crippen molar-refractivity contribution in [2.24, 2.45) is 0 Å². The van der Waals surface area contributed by atoms with Gasteiger partial charge in [-0.3, -0.25) is 0 Å². The first kappa shape index (κ1) is 91.8. The Morgan fingerprint density at radius 2 is 0.288 bits per heavy atom. The van der Waals surface area contributed by atoms with Gasteiger partial charge in [0.1, 0.15) is 23.0 Å². The lowest BCUT2D eigenvalue weighted by Crippen LogP contribution is -2.50. The van der Waals surface area contributed by atoms with E-state index in [-0.39, 0.29) is 0 Å². The summed E-state index contributed by atoms with van der Waals surface area (Å²) >= 11 is 32.5. The Kier molecular flexibility index (Phi) is 30.0. The van der Waals surface area contributed by atoms with Crippen LogP contribution in [0.15, 0.2) is 437 Å². The minimum absolute atomic E-state index is 0.423. The van der Waals surface area contributed by atoms with Crippen LogP contribution < -0.4 is 17.7 Å². The maximum Gasteiger partial charge on any atom is 0.264 e. The van der Waals surface area contributed by atoms with Gasteiger partial charge in [0.2, 0.25) is 0 Å². The molecule has 0 fully saturated rings. The molecule has 17 aromatic carbocycles. The molecule has 17 aromatic rings. The van der Waals surface area contributed by atoms with Gasteiger partial charge in [-0.25, -0.2) is 0 Å². The van der Waals surface area contributed by atoms with Crippen LogP contribution in [0, 0.1) is 27.7 Å². The molecule has 0 spiro atoms. The van der Waals surface area contributed by atoms with E-state index in [0.717, 1.165) is 128 Å². The van der Waals surface area contributed by atoms with E-state index in [9.17, 15) is 0 Å². The molecule has 0 bridgehead atoms. The lowest BCUT2D eigenvalue weighted by atomic mass is 9.80. The van der Waals surface area contributed by atoms with Crippen molar-refractivity contribution >= 4 is 79.7 Å². The van der Waals surface area contributed by atoms with Crippen LogP contribution in [-0.4, -0.2) is 33.3 Å². The van der Waals surface area contributed by atoms with E-state index in [2.05, 4.69) is 464 Å². The zero-order chi connectivity index (χ0) is 90.7. The van der Waals surface area contributed by atoms with Crippen molar-refractivity contribution in [1.82, 2.24) is 0 Å². The van der Waals surface area contributed by atoms with Gasteiger partial charge in [0.25, 0.3) is 33.3 Å². The molecule has 0 saturated heterocycles. The molecule has 0 aliphatic carbocycles. The first-order valence-corrected chi connectivity index (χ1v) is 57.6. The molecule has 0 saturated carbocycles. The predicted molar refractivity (Wildman–Crippen MR) is 560 cm³/mol. The van der Waals surface area contributed by atoms with Crippen LogP contribution in [0.4, 0.5) is 0 Å². The van der Waals surface area contributed by atoms with E-state index < -0.39 is 45.1 Å². The number of aryl methyl sites for hydroxylation is 4. The first-order valence-electron chi connectivity index (χ1n) is 46.0. The van der Waals surface area contributed by atoms with Crippen LogP contribution in [0.25, 0.3) is 0 Å². The SMILES string of the molecule is Cc1cc(C(c2ccc(C(c3cc(C)c(O[Si](Cc4ccccc4)(Cc4ccccc4)Cc4ccccc4)c(Cl)c3)c3cc(C)c(O[Si](Cc4ccccc4)(Cc4ccccc4)Cc4ccccc4)c(Cl)c3)cc2)c2cc(C)c(O[Si](Cc3ccccc3)(Cc3ccccc3)Cc3ccccc3)c(Cl)c2)cc(Cl)c1O[Si](Cc1ccccc1)(Cc1ccccc1)Cc1ccccc1. The standard InChI is InChI=1S/C120H110Cl4O4Si4/c1-89-69-107(73-111(121)117(89)125-129(77-93-41-17-5-18-42-93,78-94-43-19-6-20-44-94)79-95-45-21-7-22-46-95)115(108-70-90(2)118(112(122)74-108)126-130(80-96-47-23-8-24-48-96,81-97-49-25-9-26-50-97)82-98-51-27-10-28-52-98)105-65-67-106(68-66-105)116(109-71-91(3)119(113(123)75-109)127-131(83-99-53-29-11-30-54-99,84-100-55-31-12-32-56-100)85-101-57-33-13-34-58-101)110-72-92(4)120(114(124)76-110)128-132(86-102-59-35-14-36-60-102,87-103-61-37-15-38-62-103)88-104-63-39-16-40-64-104/h5-76,115-116H,77-88H2,1-4H3. The molecule has 0 amide bonds. The van der Waals surface area contributed by atoms with Crippen LogP contribution in [0.3, 0.4) is 0 Å². The first-order chi connectivity index (χ1) is 64.4. The molecular weight excluding hydrogens is 1760 g/mol. The third-order valence-corrected chi connectivity index (χ3v) is 41.9. The molecule has 0 aliphatic rings. The van der Waals surface area contributed by atoms with Crippen LogP contribution in [0.1, 0.15) is 134 Å². The Labute approximate surface area is 805 Å². The Balaban J connectivity index is 0.827. The Hall–Kier alpha value is -12.0. The average molecular weight is 1870 g/mol. The Bertz CT molecular complexity index is 5320. The van der Waals surface area contributed by atoms with Crippen molar-refractivity contribution in [1.29, 1.82) is 0 Å². The van der Waals surface area contributed by atoms with Gasteiger partial charge < -0.3 is 17.7 Å². The van der Waals surface area contributed by atoms with Crippen molar-refractivity contribution < 1.29 is 17.7 Å². The van der Waals surface area contributed by atoms with Crippen molar-refractivity contribution in [3.05, 3.63) is 579 Å². The molecule has 0 aliphatic heterocycles. The number of halogens is 4. The summed E-state index contributed by atoms with van der Waals surface area (Å²) in [7, 11) is -11.8. The van der Waals surface area contributed by atoms with Gasteiger partial charge in [0.15, 0.2) is 0 Å². The summed E-state index contributed by atoms with van der Waals surface area (Å²) in [6.07, 6.45) is 0. The molecule has 0 atom stereocenters. The molecular formula is C120H110Cl4O4Si4. The number of benzene rings is 17. The maximum absolute atomic E-state index is 8.11. The smallest absolute Gasteiger partial charge is 0.264 e. The molecule has 0 unspecified atom stereocenters. The molecule has 0 aromatic heterocycles. The number of hydrogen-bond acceptors (Lipinski definition) is 4. The van der Waals surface area contributed by atoms with E-state index >= 15 is 0 Å². The van der Waals surface area contributed by atoms with Gasteiger partial charge in [-0.2, -0.15) is 0 Å². The van der Waals surface area contributed by atoms with E-state index in [4.69, 9.17) is 64.1 Å². The van der Waals surface area contributed by atoms with E-state index in [1.54, 1.807) is 0 Å². The third-order valence-electron chi connectivity index (χ3n) is 25.6. The van der Waals surface area contributed by atoms with Crippen molar-refractivity contribution in [2.75, 3.05) is 0 Å². The summed E-state index contributed by atoms with van der Waals surface area (Å²) in [4.78, 5) is 0. The topological polar surface area (TPSA) is 36.9 Å². The van der Waals surface area contributed by atoms with Crippen LogP contribution in [0.5, 0.6) is 23.0 Å². The highest BCUT2D eigenvalue weighted by molar-refractivity contribution is 6.75. The van der Waals surface area contributed by atoms with Crippen LogP contribution in [-0.2, 0) is 72.5 Å². The number of rotatable bonds is 38. The van der Waals surface area contributed by atoms with Gasteiger partial charge in [-0.15, -0.1) is 0 Å². The zero-order valence-corrected chi connectivity index (χ0v) is 82.4. The highest BCUT2D eigenvalue weighted by Gasteiger charge is 2.45. The summed E-state index contributed by atoms with van der Waals surface area (Å²) < 4.78 is 31.8. The summed E-state index contributed by atoms with van der Waals surface area (Å²) in [6.45, 7) is 8.65. The highest BCUT2D eigenvalue weighted by Crippen LogP contribution is 2.48. The largest absolute Gasteiger partial charge is 0.541 e. The fraction of sp³-hybridized carbons (Fsp3) is 0.150. The summed E-state index contributed by atoms with van der Waals surface area (Å²) in [6, 6.07) is 166. The average Bonchev–Trinajstić information content (AvgIpc) is 0.759. The minimum Gasteiger partial charge on any atom is -0.541 e. The van der Waals surface area contributed by atoms with Crippen molar-refractivity contribution in [3.63, 3.8) is 0 Å². The summed E-state index contributed by atoms with van der Waals surface area (Å²) in [5, 5.41) is 2.16. The second-order valence-electron chi connectivity index (χ2n) is 36.2. The van der Waals surface area contributed by atoms with Gasteiger partial charge in [0.05, 0.1) is 20.1 Å². The molecule has 4 nitrogen and oxygen atoms in total.